The number of pyridine rings is 1. The smallest absolute Gasteiger partial charge is 0.258 e. The number of hydrogen-bond donors (Lipinski definition) is 2. The van der Waals surface area contributed by atoms with Crippen LogP contribution in [0.1, 0.15) is 25.3 Å². The second-order valence-corrected chi connectivity index (χ2v) is 7.43. The van der Waals surface area contributed by atoms with Crippen LogP contribution in [-0.4, -0.2) is 29.0 Å². The van der Waals surface area contributed by atoms with E-state index in [-0.39, 0.29) is 42.9 Å². The molecule has 0 aliphatic heterocycles. The second kappa shape index (κ2) is 10.4. The Kier molecular flexibility index (Phi) is 7.38. The van der Waals surface area contributed by atoms with Gasteiger partial charge in [-0.25, -0.2) is 0 Å². The Morgan fingerprint density at radius 1 is 0.967 bits per heavy atom. The number of hydrogen-bond acceptors (Lipinski definition) is 3. The SMILES string of the molecule is C[C@@H](CCc1ccccc1)NC(=O)CCNC(=O)Cn1ccc2ccccc2c1=O. The van der Waals surface area contributed by atoms with Crippen molar-refractivity contribution in [2.24, 2.45) is 0 Å². The van der Waals surface area contributed by atoms with Crippen LogP contribution in [-0.2, 0) is 22.6 Å². The molecule has 6 heteroatoms. The predicted molar refractivity (Wildman–Crippen MR) is 118 cm³/mol. The van der Waals surface area contributed by atoms with Crippen LogP contribution in [0.5, 0.6) is 0 Å². The fourth-order valence-corrected chi connectivity index (χ4v) is 3.33. The zero-order chi connectivity index (χ0) is 21.3. The largest absolute Gasteiger partial charge is 0.354 e. The molecule has 0 bridgehead atoms. The number of rotatable bonds is 9. The summed E-state index contributed by atoms with van der Waals surface area (Å²) >= 11 is 0. The fraction of sp³-hybridized carbons (Fsp3) is 0.292. The molecule has 1 heterocycles. The van der Waals surface area contributed by atoms with E-state index in [9.17, 15) is 14.4 Å². The lowest BCUT2D eigenvalue weighted by Crippen LogP contribution is -2.37. The first-order chi connectivity index (χ1) is 14.5. The van der Waals surface area contributed by atoms with Crippen LogP contribution in [0.2, 0.25) is 0 Å². The highest BCUT2D eigenvalue weighted by molar-refractivity contribution is 5.82. The summed E-state index contributed by atoms with van der Waals surface area (Å²) in [6.07, 6.45) is 3.58. The molecule has 2 aromatic carbocycles. The van der Waals surface area contributed by atoms with Gasteiger partial charge in [-0.2, -0.15) is 0 Å². The highest BCUT2D eigenvalue weighted by Gasteiger charge is 2.10. The van der Waals surface area contributed by atoms with Gasteiger partial charge in [0.25, 0.3) is 5.56 Å². The van der Waals surface area contributed by atoms with Crippen LogP contribution in [0.3, 0.4) is 0 Å². The van der Waals surface area contributed by atoms with Gasteiger partial charge in [0.2, 0.25) is 11.8 Å². The lowest BCUT2D eigenvalue weighted by Gasteiger charge is -2.14. The van der Waals surface area contributed by atoms with Gasteiger partial charge in [0.1, 0.15) is 6.54 Å². The van der Waals surface area contributed by atoms with Gasteiger partial charge in [-0.3, -0.25) is 14.4 Å². The van der Waals surface area contributed by atoms with E-state index in [1.54, 1.807) is 18.3 Å². The Balaban J connectivity index is 1.39. The summed E-state index contributed by atoms with van der Waals surface area (Å²) in [7, 11) is 0. The lowest BCUT2D eigenvalue weighted by atomic mass is 10.1. The van der Waals surface area contributed by atoms with Crippen LogP contribution >= 0.6 is 0 Å². The maximum absolute atomic E-state index is 12.5. The molecular weight excluding hydrogens is 378 g/mol. The molecule has 2 amide bonds. The standard InChI is InChI=1S/C24H27N3O3/c1-18(11-12-19-7-3-2-4-8-19)26-22(28)13-15-25-23(29)17-27-16-14-20-9-5-6-10-21(20)24(27)30/h2-10,14,16,18H,11-13,15,17H2,1H3,(H,25,29)(H,26,28)/t18-/m0/s1. The summed E-state index contributed by atoms with van der Waals surface area (Å²) in [6, 6.07) is 19.3. The van der Waals surface area contributed by atoms with Crippen molar-refractivity contribution in [2.45, 2.75) is 38.8 Å². The Hall–Kier alpha value is -3.41. The molecule has 6 nitrogen and oxygen atoms in total. The summed E-state index contributed by atoms with van der Waals surface area (Å²) in [5, 5.41) is 7.09. The van der Waals surface area contributed by atoms with E-state index in [0.717, 1.165) is 18.2 Å². The summed E-state index contributed by atoms with van der Waals surface area (Å²) in [6.45, 7) is 2.14. The molecule has 0 spiro atoms. The zero-order valence-electron chi connectivity index (χ0n) is 17.1. The highest BCUT2D eigenvalue weighted by atomic mass is 16.2. The number of benzene rings is 2. The van der Waals surface area contributed by atoms with Gasteiger partial charge in [-0.05, 0) is 42.8 Å². The molecule has 1 atom stereocenters. The number of fused-ring (bicyclic) bond motifs is 1. The number of aryl methyl sites for hydroxylation is 1. The van der Waals surface area contributed by atoms with Crippen LogP contribution in [0.15, 0.2) is 71.7 Å². The number of carbonyl (C=O) groups excluding carboxylic acids is 2. The van der Waals surface area contributed by atoms with E-state index in [2.05, 4.69) is 22.8 Å². The van der Waals surface area contributed by atoms with E-state index in [1.165, 1.54) is 10.1 Å². The van der Waals surface area contributed by atoms with Crippen molar-refractivity contribution in [1.29, 1.82) is 0 Å². The molecule has 0 saturated carbocycles. The van der Waals surface area contributed by atoms with Crippen molar-refractivity contribution in [1.82, 2.24) is 15.2 Å². The molecule has 0 aliphatic carbocycles. The molecule has 3 rings (SSSR count). The third-order valence-corrected chi connectivity index (χ3v) is 4.99. The Morgan fingerprint density at radius 3 is 2.50 bits per heavy atom. The first-order valence-corrected chi connectivity index (χ1v) is 10.2. The maximum atomic E-state index is 12.5. The van der Waals surface area contributed by atoms with Crippen LogP contribution in [0, 0.1) is 0 Å². The lowest BCUT2D eigenvalue weighted by molar-refractivity contribution is -0.123. The summed E-state index contributed by atoms with van der Waals surface area (Å²) in [4.78, 5) is 36.7. The molecule has 156 valence electrons. The normalized spacial score (nSPS) is 11.8. The molecule has 0 radical (unpaired) electrons. The van der Waals surface area contributed by atoms with Gasteiger partial charge < -0.3 is 15.2 Å². The Labute approximate surface area is 175 Å². The molecule has 2 N–H and O–H groups in total. The third kappa shape index (κ3) is 6.04. The number of amides is 2. The van der Waals surface area contributed by atoms with Crippen molar-refractivity contribution in [3.05, 3.63) is 82.8 Å². The summed E-state index contributed by atoms with van der Waals surface area (Å²) < 4.78 is 1.38. The Bertz CT molecular complexity index is 1060. The van der Waals surface area contributed by atoms with Crippen molar-refractivity contribution < 1.29 is 9.59 Å². The minimum absolute atomic E-state index is 0.0598. The molecule has 0 aliphatic rings. The molecular formula is C24H27N3O3. The van der Waals surface area contributed by atoms with Crippen LogP contribution in [0.25, 0.3) is 10.8 Å². The minimum atomic E-state index is -0.294. The molecule has 1 aromatic heterocycles. The van der Waals surface area contributed by atoms with E-state index in [4.69, 9.17) is 0 Å². The number of nitrogens with zero attached hydrogens (tertiary/aromatic N) is 1. The molecule has 0 fully saturated rings. The predicted octanol–water partition coefficient (Wildman–Crippen LogP) is 2.65. The maximum Gasteiger partial charge on any atom is 0.258 e. The van der Waals surface area contributed by atoms with Crippen molar-refractivity contribution in [3.63, 3.8) is 0 Å². The monoisotopic (exact) mass is 405 g/mol. The van der Waals surface area contributed by atoms with E-state index in [0.29, 0.717) is 5.39 Å². The quantitative estimate of drug-likeness (QED) is 0.574. The molecule has 30 heavy (non-hydrogen) atoms. The number of aromatic nitrogens is 1. The van der Waals surface area contributed by atoms with Crippen LogP contribution in [0.4, 0.5) is 0 Å². The van der Waals surface area contributed by atoms with Gasteiger partial charge >= 0.3 is 0 Å². The second-order valence-electron chi connectivity index (χ2n) is 7.43. The third-order valence-electron chi connectivity index (χ3n) is 4.99. The highest BCUT2D eigenvalue weighted by Crippen LogP contribution is 2.08. The topological polar surface area (TPSA) is 80.2 Å². The Morgan fingerprint density at radius 2 is 1.70 bits per heavy atom. The van der Waals surface area contributed by atoms with Crippen LogP contribution < -0.4 is 16.2 Å². The molecule has 0 saturated heterocycles. The van der Waals surface area contributed by atoms with Gasteiger partial charge in [-0.15, -0.1) is 0 Å². The summed E-state index contributed by atoms with van der Waals surface area (Å²) in [5.41, 5.74) is 1.04. The van der Waals surface area contributed by atoms with Gasteiger partial charge in [0.05, 0.1) is 0 Å². The average Bonchev–Trinajstić information content (AvgIpc) is 2.75. The van der Waals surface area contributed by atoms with E-state index < -0.39 is 0 Å². The van der Waals surface area contributed by atoms with Gasteiger partial charge in [0, 0.05) is 30.6 Å². The van der Waals surface area contributed by atoms with Crippen molar-refractivity contribution in [3.8, 4) is 0 Å². The first kappa shape index (κ1) is 21.3. The number of carbonyl (C=O) groups is 2. The van der Waals surface area contributed by atoms with Crippen molar-refractivity contribution in [2.75, 3.05) is 6.54 Å². The first-order valence-electron chi connectivity index (χ1n) is 10.2. The van der Waals surface area contributed by atoms with E-state index in [1.807, 2.05) is 43.3 Å². The average molecular weight is 405 g/mol. The number of nitrogens with one attached hydrogen (secondary N) is 2. The van der Waals surface area contributed by atoms with E-state index >= 15 is 0 Å². The zero-order valence-corrected chi connectivity index (χ0v) is 17.1. The summed E-state index contributed by atoms with van der Waals surface area (Å²) in [5.74, 6) is -0.393. The fourth-order valence-electron chi connectivity index (χ4n) is 3.33. The molecule has 3 aromatic rings. The van der Waals surface area contributed by atoms with Crippen molar-refractivity contribution >= 4 is 22.6 Å². The van der Waals surface area contributed by atoms with Gasteiger partial charge in [0.15, 0.2) is 0 Å². The minimum Gasteiger partial charge on any atom is -0.354 e. The van der Waals surface area contributed by atoms with Gasteiger partial charge in [-0.1, -0.05) is 48.5 Å². The molecule has 0 unspecified atom stereocenters.